The third kappa shape index (κ3) is 3.25. The molecule has 0 fully saturated rings. The lowest BCUT2D eigenvalue weighted by molar-refractivity contribution is -0.112. The molecular formula is C19H26O2Si. The van der Waals surface area contributed by atoms with Gasteiger partial charge in [-0.1, -0.05) is 50.0 Å². The van der Waals surface area contributed by atoms with Gasteiger partial charge in [-0.3, -0.25) is 4.79 Å². The van der Waals surface area contributed by atoms with E-state index in [1.807, 2.05) is 12.1 Å². The van der Waals surface area contributed by atoms with E-state index in [0.717, 1.165) is 23.3 Å². The second-order valence-corrected chi connectivity index (χ2v) is 12.0. The van der Waals surface area contributed by atoms with Crippen LogP contribution in [0.3, 0.4) is 0 Å². The number of ether oxygens (including phenoxy) is 1. The standard InChI is InChI=1S/C19H26O2Si/c1-7-16-13(2)18(14-8-10-15(21-3)11-9-14)17(19(16)20)12-22(4,5)6/h8-12,18H,7H2,1-6H3/b17-12-. The molecule has 0 amide bonds. The van der Waals surface area contributed by atoms with Crippen LogP contribution in [0, 0.1) is 0 Å². The van der Waals surface area contributed by atoms with Gasteiger partial charge in [-0.25, -0.2) is 0 Å². The maximum atomic E-state index is 12.8. The van der Waals surface area contributed by atoms with Crippen LogP contribution in [0.4, 0.5) is 0 Å². The number of Topliss-reactive ketones (excluding diaryl/α,β-unsaturated/α-hetero) is 1. The van der Waals surface area contributed by atoms with Crippen LogP contribution in [-0.2, 0) is 4.79 Å². The first-order valence-electron chi connectivity index (χ1n) is 7.89. The van der Waals surface area contributed by atoms with Gasteiger partial charge in [0.25, 0.3) is 0 Å². The van der Waals surface area contributed by atoms with Gasteiger partial charge < -0.3 is 4.74 Å². The average Bonchev–Trinajstić information content (AvgIpc) is 2.68. The molecule has 0 heterocycles. The Morgan fingerprint density at radius 2 is 1.77 bits per heavy atom. The molecule has 0 aromatic heterocycles. The number of hydrogen-bond donors (Lipinski definition) is 0. The predicted molar refractivity (Wildman–Crippen MR) is 95.2 cm³/mol. The lowest BCUT2D eigenvalue weighted by Gasteiger charge is -2.18. The molecule has 0 spiro atoms. The molecule has 1 atom stereocenters. The molecule has 0 aliphatic heterocycles. The van der Waals surface area contributed by atoms with Gasteiger partial charge in [0.1, 0.15) is 5.75 Å². The van der Waals surface area contributed by atoms with Gasteiger partial charge in [0.2, 0.25) is 0 Å². The third-order valence-electron chi connectivity index (χ3n) is 4.15. The molecule has 2 nitrogen and oxygen atoms in total. The van der Waals surface area contributed by atoms with Gasteiger partial charge in [0.05, 0.1) is 15.2 Å². The third-order valence-corrected chi connectivity index (χ3v) is 5.32. The maximum Gasteiger partial charge on any atom is 0.185 e. The minimum atomic E-state index is -1.46. The summed E-state index contributed by atoms with van der Waals surface area (Å²) in [4.78, 5) is 12.8. The van der Waals surface area contributed by atoms with Gasteiger partial charge in [0.15, 0.2) is 5.78 Å². The van der Waals surface area contributed by atoms with Crippen molar-refractivity contribution in [1.82, 2.24) is 0 Å². The van der Waals surface area contributed by atoms with E-state index in [0.29, 0.717) is 0 Å². The van der Waals surface area contributed by atoms with Crippen molar-refractivity contribution in [2.24, 2.45) is 0 Å². The normalized spacial score (nSPS) is 20.9. The van der Waals surface area contributed by atoms with E-state index in [1.165, 1.54) is 11.1 Å². The van der Waals surface area contributed by atoms with Crippen molar-refractivity contribution in [2.75, 3.05) is 7.11 Å². The summed E-state index contributed by atoms with van der Waals surface area (Å²) in [6, 6.07) is 8.11. The van der Waals surface area contributed by atoms with Gasteiger partial charge in [0, 0.05) is 11.5 Å². The van der Waals surface area contributed by atoms with Crippen molar-refractivity contribution >= 4 is 13.9 Å². The Bertz CT molecular complexity index is 630. The molecule has 0 saturated carbocycles. The minimum absolute atomic E-state index is 0.111. The number of benzene rings is 1. The fraction of sp³-hybridized carbons (Fsp3) is 0.421. The summed E-state index contributed by atoms with van der Waals surface area (Å²) in [6.45, 7) is 11.0. The van der Waals surface area contributed by atoms with Crippen LogP contribution in [0.2, 0.25) is 19.6 Å². The summed E-state index contributed by atoms with van der Waals surface area (Å²) in [6.07, 6.45) is 0.806. The second-order valence-electron chi connectivity index (χ2n) is 7.02. The first-order valence-corrected chi connectivity index (χ1v) is 11.5. The second kappa shape index (κ2) is 6.25. The lowest BCUT2D eigenvalue weighted by atomic mass is 9.90. The van der Waals surface area contributed by atoms with Gasteiger partial charge in [-0.2, -0.15) is 0 Å². The zero-order valence-corrected chi connectivity index (χ0v) is 15.5. The van der Waals surface area contributed by atoms with E-state index in [9.17, 15) is 4.79 Å². The van der Waals surface area contributed by atoms with Crippen molar-refractivity contribution in [2.45, 2.75) is 45.8 Å². The fourth-order valence-corrected chi connectivity index (χ4v) is 4.40. The molecule has 1 unspecified atom stereocenters. The van der Waals surface area contributed by atoms with Crippen LogP contribution in [0.5, 0.6) is 5.75 Å². The van der Waals surface area contributed by atoms with Crippen LogP contribution in [0.1, 0.15) is 31.7 Å². The van der Waals surface area contributed by atoms with Gasteiger partial charge >= 0.3 is 0 Å². The van der Waals surface area contributed by atoms with Crippen molar-refractivity contribution in [3.63, 3.8) is 0 Å². The summed E-state index contributed by atoms with van der Waals surface area (Å²) < 4.78 is 5.24. The lowest BCUT2D eigenvalue weighted by Crippen LogP contribution is -2.20. The number of rotatable bonds is 4. The highest BCUT2D eigenvalue weighted by Crippen LogP contribution is 2.43. The summed E-state index contributed by atoms with van der Waals surface area (Å²) in [7, 11) is 0.209. The zero-order chi connectivity index (χ0) is 16.5. The predicted octanol–water partition coefficient (Wildman–Crippen LogP) is 4.89. The monoisotopic (exact) mass is 314 g/mol. The molecule has 2 rings (SSSR count). The molecule has 1 aliphatic rings. The minimum Gasteiger partial charge on any atom is -0.497 e. The fourth-order valence-electron chi connectivity index (χ4n) is 3.17. The first-order chi connectivity index (χ1) is 10.3. The van der Waals surface area contributed by atoms with E-state index >= 15 is 0 Å². The number of ketones is 1. The molecule has 1 aromatic rings. The van der Waals surface area contributed by atoms with Crippen molar-refractivity contribution in [1.29, 1.82) is 0 Å². The Morgan fingerprint density at radius 3 is 2.23 bits per heavy atom. The molecule has 118 valence electrons. The molecule has 0 bridgehead atoms. The summed E-state index contributed by atoms with van der Waals surface area (Å²) in [5.74, 6) is 1.21. The smallest absolute Gasteiger partial charge is 0.185 e. The summed E-state index contributed by atoms with van der Waals surface area (Å²) in [5.41, 5.74) is 6.64. The Hall–Kier alpha value is -1.61. The van der Waals surface area contributed by atoms with Crippen LogP contribution in [-0.4, -0.2) is 21.0 Å². The van der Waals surface area contributed by atoms with E-state index in [1.54, 1.807) is 7.11 Å². The maximum absolute atomic E-state index is 12.8. The zero-order valence-electron chi connectivity index (χ0n) is 14.5. The van der Waals surface area contributed by atoms with Crippen LogP contribution in [0.15, 0.2) is 46.7 Å². The quantitative estimate of drug-likeness (QED) is 0.584. The first kappa shape index (κ1) is 16.8. The SMILES string of the molecule is CCC1=C(C)C(c2ccc(OC)cc2)/C(=C/[Si](C)(C)C)C1=O. The number of carbonyl (C=O) groups excluding carboxylic acids is 1. The highest BCUT2D eigenvalue weighted by atomic mass is 28.3. The molecule has 0 N–H and O–H groups in total. The Labute approximate surface area is 134 Å². The topological polar surface area (TPSA) is 26.3 Å². The largest absolute Gasteiger partial charge is 0.497 e. The Morgan fingerprint density at radius 1 is 1.18 bits per heavy atom. The van der Waals surface area contributed by atoms with E-state index in [2.05, 4.69) is 51.3 Å². The van der Waals surface area contributed by atoms with Crippen molar-refractivity contribution in [3.8, 4) is 5.75 Å². The van der Waals surface area contributed by atoms with E-state index < -0.39 is 8.07 Å². The molecule has 22 heavy (non-hydrogen) atoms. The highest BCUT2D eigenvalue weighted by Gasteiger charge is 2.35. The van der Waals surface area contributed by atoms with E-state index in [-0.39, 0.29) is 11.7 Å². The van der Waals surface area contributed by atoms with Crippen LogP contribution < -0.4 is 4.74 Å². The molecule has 0 radical (unpaired) electrons. The molecular weight excluding hydrogens is 288 g/mol. The molecule has 1 aromatic carbocycles. The summed E-state index contributed by atoms with van der Waals surface area (Å²) in [5, 5.41) is 0. The summed E-state index contributed by atoms with van der Waals surface area (Å²) >= 11 is 0. The molecule has 1 aliphatic carbocycles. The number of methoxy groups -OCH3 is 1. The van der Waals surface area contributed by atoms with Crippen molar-refractivity contribution < 1.29 is 9.53 Å². The van der Waals surface area contributed by atoms with Crippen molar-refractivity contribution in [3.05, 3.63) is 52.2 Å². The van der Waals surface area contributed by atoms with Crippen LogP contribution >= 0.6 is 0 Å². The Balaban J connectivity index is 2.54. The number of hydrogen-bond acceptors (Lipinski definition) is 2. The average molecular weight is 315 g/mol. The molecule has 3 heteroatoms. The number of allylic oxidation sites excluding steroid dienone is 3. The van der Waals surface area contributed by atoms with Crippen LogP contribution in [0.25, 0.3) is 0 Å². The molecule has 0 saturated heterocycles. The highest BCUT2D eigenvalue weighted by molar-refractivity contribution is 6.81. The van der Waals surface area contributed by atoms with Gasteiger partial charge in [-0.15, -0.1) is 0 Å². The van der Waals surface area contributed by atoms with Gasteiger partial charge in [-0.05, 0) is 36.6 Å². The Kier molecular flexibility index (Phi) is 4.76. The van der Waals surface area contributed by atoms with E-state index in [4.69, 9.17) is 4.74 Å². The number of carbonyl (C=O) groups is 1.